The second-order valence-electron chi connectivity index (χ2n) is 4.45. The molecule has 17 heavy (non-hydrogen) atoms. The van der Waals surface area contributed by atoms with E-state index in [4.69, 9.17) is 0 Å². The van der Waals surface area contributed by atoms with E-state index >= 15 is 0 Å². The lowest BCUT2D eigenvalue weighted by Gasteiger charge is -2.21. The number of benzene rings is 1. The van der Waals surface area contributed by atoms with Crippen molar-refractivity contribution in [1.29, 1.82) is 0 Å². The van der Waals surface area contributed by atoms with E-state index in [0.717, 1.165) is 11.4 Å². The second-order valence-corrected chi connectivity index (χ2v) is 6.75. The third-order valence-electron chi connectivity index (χ3n) is 3.18. The summed E-state index contributed by atoms with van der Waals surface area (Å²) >= 11 is 3.75. The Hall–Kier alpha value is -0.580. The van der Waals surface area contributed by atoms with Crippen molar-refractivity contribution in [3.8, 4) is 0 Å². The Morgan fingerprint density at radius 1 is 1.29 bits per heavy atom. The standard InChI is InChI=1S/C13H16N2S2/c1-2-4-12-11(3-1)15-13(17-12)16-9-10-5-7-14-8-6-10/h1-4,10,14H,5-9H2. The number of nitrogens with one attached hydrogen (secondary N) is 1. The van der Waals surface area contributed by atoms with Crippen molar-refractivity contribution < 1.29 is 0 Å². The first-order chi connectivity index (χ1) is 8.42. The second kappa shape index (κ2) is 5.38. The van der Waals surface area contributed by atoms with Crippen LogP contribution in [0.25, 0.3) is 10.2 Å². The van der Waals surface area contributed by atoms with Crippen molar-refractivity contribution in [3.63, 3.8) is 0 Å². The molecule has 0 bridgehead atoms. The summed E-state index contributed by atoms with van der Waals surface area (Å²) in [5, 5.41) is 3.41. The number of thioether (sulfide) groups is 1. The lowest BCUT2D eigenvalue weighted by molar-refractivity contribution is 0.408. The van der Waals surface area contributed by atoms with Gasteiger partial charge >= 0.3 is 0 Å². The number of fused-ring (bicyclic) bond motifs is 1. The van der Waals surface area contributed by atoms with Gasteiger partial charge in [0.2, 0.25) is 0 Å². The number of hydrogen-bond donors (Lipinski definition) is 1. The van der Waals surface area contributed by atoms with Gasteiger partial charge in [0.25, 0.3) is 0 Å². The first kappa shape index (κ1) is 11.5. The van der Waals surface area contributed by atoms with Gasteiger partial charge in [-0.2, -0.15) is 0 Å². The van der Waals surface area contributed by atoms with Crippen LogP contribution in [-0.4, -0.2) is 23.8 Å². The molecule has 1 aromatic carbocycles. The Morgan fingerprint density at radius 3 is 2.94 bits per heavy atom. The number of hydrogen-bond acceptors (Lipinski definition) is 4. The van der Waals surface area contributed by atoms with Crippen LogP contribution in [0.3, 0.4) is 0 Å². The van der Waals surface area contributed by atoms with E-state index in [2.05, 4.69) is 34.6 Å². The highest BCUT2D eigenvalue weighted by Gasteiger charge is 2.14. The Kier molecular flexibility index (Phi) is 3.64. The van der Waals surface area contributed by atoms with Crippen molar-refractivity contribution in [1.82, 2.24) is 10.3 Å². The van der Waals surface area contributed by atoms with Gasteiger partial charge in [-0.05, 0) is 44.0 Å². The van der Waals surface area contributed by atoms with E-state index < -0.39 is 0 Å². The lowest BCUT2D eigenvalue weighted by Crippen LogP contribution is -2.28. The third-order valence-corrected chi connectivity index (χ3v) is 5.59. The molecule has 0 aliphatic carbocycles. The van der Waals surface area contributed by atoms with Gasteiger partial charge in [-0.25, -0.2) is 4.98 Å². The molecule has 4 heteroatoms. The summed E-state index contributed by atoms with van der Waals surface area (Å²) in [6.45, 7) is 2.37. The summed E-state index contributed by atoms with van der Waals surface area (Å²) < 4.78 is 2.53. The van der Waals surface area contributed by atoms with Crippen molar-refractivity contribution >= 4 is 33.3 Å². The maximum absolute atomic E-state index is 4.66. The molecule has 1 N–H and O–H groups in total. The van der Waals surface area contributed by atoms with Crippen LogP contribution in [0.15, 0.2) is 28.6 Å². The molecule has 0 atom stereocenters. The molecule has 2 heterocycles. The Bertz CT molecular complexity index is 456. The molecule has 1 aromatic heterocycles. The van der Waals surface area contributed by atoms with Gasteiger partial charge < -0.3 is 5.32 Å². The maximum Gasteiger partial charge on any atom is 0.151 e. The Balaban J connectivity index is 1.64. The fourth-order valence-corrected chi connectivity index (χ4v) is 4.43. The van der Waals surface area contributed by atoms with Gasteiger partial charge in [-0.15, -0.1) is 11.3 Å². The van der Waals surface area contributed by atoms with E-state index in [1.165, 1.54) is 40.7 Å². The highest BCUT2D eigenvalue weighted by atomic mass is 32.2. The molecule has 1 saturated heterocycles. The third kappa shape index (κ3) is 2.81. The molecule has 0 radical (unpaired) electrons. The molecule has 0 spiro atoms. The summed E-state index contributed by atoms with van der Waals surface area (Å²) in [4.78, 5) is 4.66. The highest BCUT2D eigenvalue weighted by molar-refractivity contribution is 8.01. The van der Waals surface area contributed by atoms with Crippen molar-refractivity contribution in [3.05, 3.63) is 24.3 Å². The number of nitrogens with zero attached hydrogens (tertiary/aromatic N) is 1. The number of rotatable bonds is 3. The monoisotopic (exact) mass is 264 g/mol. The van der Waals surface area contributed by atoms with Crippen molar-refractivity contribution in [2.45, 2.75) is 17.2 Å². The van der Waals surface area contributed by atoms with E-state index in [1.807, 2.05) is 23.1 Å². The Morgan fingerprint density at radius 2 is 2.12 bits per heavy atom. The van der Waals surface area contributed by atoms with Gasteiger partial charge in [0.1, 0.15) is 0 Å². The zero-order valence-electron chi connectivity index (χ0n) is 9.69. The molecular weight excluding hydrogens is 248 g/mol. The summed E-state index contributed by atoms with van der Waals surface area (Å²) in [5.41, 5.74) is 1.14. The molecule has 1 aliphatic heterocycles. The number of para-hydroxylation sites is 1. The predicted octanol–water partition coefficient (Wildman–Crippen LogP) is 3.39. The normalized spacial score (nSPS) is 17.6. The zero-order chi connectivity index (χ0) is 11.5. The van der Waals surface area contributed by atoms with Crippen LogP contribution in [0.5, 0.6) is 0 Å². The first-order valence-corrected chi connectivity index (χ1v) is 7.91. The summed E-state index contributed by atoms with van der Waals surface area (Å²) in [5.74, 6) is 2.09. The highest BCUT2D eigenvalue weighted by Crippen LogP contribution is 2.31. The minimum absolute atomic E-state index is 0.869. The fourth-order valence-electron chi connectivity index (χ4n) is 2.15. The van der Waals surface area contributed by atoms with Crippen LogP contribution in [0.4, 0.5) is 0 Å². The maximum atomic E-state index is 4.66. The van der Waals surface area contributed by atoms with E-state index in [-0.39, 0.29) is 0 Å². The smallest absolute Gasteiger partial charge is 0.151 e. The molecule has 90 valence electrons. The topological polar surface area (TPSA) is 24.9 Å². The van der Waals surface area contributed by atoms with E-state index in [9.17, 15) is 0 Å². The van der Waals surface area contributed by atoms with Crippen LogP contribution in [-0.2, 0) is 0 Å². The van der Waals surface area contributed by atoms with Gasteiger partial charge in [0.15, 0.2) is 4.34 Å². The average Bonchev–Trinajstić information content (AvgIpc) is 2.80. The predicted molar refractivity (Wildman–Crippen MR) is 75.9 cm³/mol. The number of piperidine rings is 1. The molecule has 3 rings (SSSR count). The summed E-state index contributed by atoms with van der Waals surface area (Å²) in [6.07, 6.45) is 2.63. The van der Waals surface area contributed by atoms with Gasteiger partial charge in [-0.1, -0.05) is 23.9 Å². The number of thiazole rings is 1. The zero-order valence-corrected chi connectivity index (χ0v) is 11.3. The van der Waals surface area contributed by atoms with Crippen LogP contribution < -0.4 is 5.32 Å². The van der Waals surface area contributed by atoms with Crippen LogP contribution in [0.1, 0.15) is 12.8 Å². The Labute approximate surface area is 110 Å². The van der Waals surface area contributed by atoms with Crippen LogP contribution in [0.2, 0.25) is 0 Å². The van der Waals surface area contributed by atoms with Crippen molar-refractivity contribution in [2.75, 3.05) is 18.8 Å². The first-order valence-electron chi connectivity index (χ1n) is 6.11. The van der Waals surface area contributed by atoms with E-state index in [1.54, 1.807) is 0 Å². The summed E-state index contributed by atoms with van der Waals surface area (Å²) in [7, 11) is 0. The SMILES string of the molecule is c1ccc2sc(SCC3CCNCC3)nc2c1. The molecule has 0 unspecified atom stereocenters. The minimum Gasteiger partial charge on any atom is -0.317 e. The quantitative estimate of drug-likeness (QED) is 0.860. The minimum atomic E-state index is 0.869. The molecule has 1 aliphatic rings. The molecular formula is C13H16N2S2. The van der Waals surface area contributed by atoms with E-state index in [0.29, 0.717) is 0 Å². The number of aromatic nitrogens is 1. The van der Waals surface area contributed by atoms with Gasteiger partial charge in [0.05, 0.1) is 10.2 Å². The molecule has 2 aromatic rings. The molecule has 2 nitrogen and oxygen atoms in total. The van der Waals surface area contributed by atoms with Crippen LogP contribution in [0, 0.1) is 5.92 Å². The van der Waals surface area contributed by atoms with Gasteiger partial charge in [0, 0.05) is 5.75 Å². The molecule has 0 amide bonds. The van der Waals surface area contributed by atoms with Crippen LogP contribution >= 0.6 is 23.1 Å². The largest absolute Gasteiger partial charge is 0.317 e. The molecule has 0 saturated carbocycles. The van der Waals surface area contributed by atoms with Gasteiger partial charge in [-0.3, -0.25) is 0 Å². The summed E-state index contributed by atoms with van der Waals surface area (Å²) in [6, 6.07) is 8.40. The fraction of sp³-hybridized carbons (Fsp3) is 0.462. The average molecular weight is 264 g/mol. The molecule has 1 fully saturated rings. The lowest BCUT2D eigenvalue weighted by atomic mass is 10.0. The van der Waals surface area contributed by atoms with Crippen molar-refractivity contribution in [2.24, 2.45) is 5.92 Å².